The van der Waals surface area contributed by atoms with Crippen LogP contribution >= 0.6 is 0 Å². The lowest BCUT2D eigenvalue weighted by Crippen LogP contribution is -2.43. The molecule has 0 bridgehead atoms. The molecule has 2 aliphatic heterocycles. The van der Waals surface area contributed by atoms with Gasteiger partial charge in [0.25, 0.3) is 0 Å². The molecule has 1 aliphatic carbocycles. The number of rotatable bonds is 5. The van der Waals surface area contributed by atoms with E-state index in [9.17, 15) is 19.2 Å². The van der Waals surface area contributed by atoms with Crippen LogP contribution in [0.1, 0.15) is 44.2 Å². The lowest BCUT2D eigenvalue weighted by Gasteiger charge is -2.22. The standard InChI is InChI=1S/C20H23N3O6/c1-12(13-6-7-15-16(10-13)29-9-8-28-15)21-17(24)11-22-18(25)19(26)23(20(22)27)14-4-2-3-5-14/h6-7,10,12,14H,2-5,8-9,11H2,1H3,(H,21,24). The van der Waals surface area contributed by atoms with Crippen LogP contribution in [-0.4, -0.2) is 59.4 Å². The Morgan fingerprint density at radius 2 is 1.79 bits per heavy atom. The van der Waals surface area contributed by atoms with Crippen molar-refractivity contribution >= 4 is 23.8 Å². The molecule has 2 heterocycles. The number of fused-ring (bicyclic) bond motifs is 1. The summed E-state index contributed by atoms with van der Waals surface area (Å²) in [5.41, 5.74) is 0.797. The molecule has 9 heteroatoms. The smallest absolute Gasteiger partial charge is 0.334 e. The Morgan fingerprint density at radius 3 is 2.52 bits per heavy atom. The predicted molar refractivity (Wildman–Crippen MR) is 100 cm³/mol. The molecule has 3 aliphatic rings. The fraction of sp³-hybridized carbons (Fsp3) is 0.500. The van der Waals surface area contributed by atoms with Crippen LogP contribution in [0.2, 0.25) is 0 Å². The molecule has 154 valence electrons. The molecular formula is C20H23N3O6. The van der Waals surface area contributed by atoms with Gasteiger partial charge in [-0.3, -0.25) is 19.3 Å². The highest BCUT2D eigenvalue weighted by Crippen LogP contribution is 2.32. The lowest BCUT2D eigenvalue weighted by molar-refractivity contribution is -0.144. The van der Waals surface area contributed by atoms with Crippen molar-refractivity contribution in [3.63, 3.8) is 0 Å². The zero-order valence-electron chi connectivity index (χ0n) is 16.2. The number of imide groups is 2. The molecule has 1 aromatic rings. The average Bonchev–Trinajstić information content (AvgIpc) is 3.31. The number of carbonyl (C=O) groups excluding carboxylic acids is 4. The van der Waals surface area contributed by atoms with Gasteiger partial charge in [-0.05, 0) is 37.5 Å². The summed E-state index contributed by atoms with van der Waals surface area (Å²) in [6, 6.07) is 4.05. The van der Waals surface area contributed by atoms with E-state index in [1.807, 2.05) is 6.07 Å². The summed E-state index contributed by atoms with van der Waals surface area (Å²) in [6.07, 6.45) is 3.24. The number of benzene rings is 1. The van der Waals surface area contributed by atoms with E-state index in [1.54, 1.807) is 19.1 Å². The van der Waals surface area contributed by atoms with Crippen molar-refractivity contribution in [2.75, 3.05) is 19.8 Å². The van der Waals surface area contributed by atoms with Gasteiger partial charge in [0.05, 0.1) is 6.04 Å². The number of urea groups is 1. The van der Waals surface area contributed by atoms with Crippen molar-refractivity contribution in [2.45, 2.75) is 44.7 Å². The second kappa shape index (κ2) is 7.73. The highest BCUT2D eigenvalue weighted by atomic mass is 16.6. The molecule has 1 aromatic carbocycles. The van der Waals surface area contributed by atoms with Crippen LogP contribution in [0.4, 0.5) is 4.79 Å². The molecule has 4 rings (SSSR count). The SMILES string of the molecule is CC(NC(=O)CN1C(=O)C(=O)N(C2CCCC2)C1=O)c1ccc2c(c1)OCCO2. The minimum absolute atomic E-state index is 0.247. The quantitative estimate of drug-likeness (QED) is 0.590. The summed E-state index contributed by atoms with van der Waals surface area (Å²) in [4.78, 5) is 51.2. The van der Waals surface area contributed by atoms with Crippen molar-refractivity contribution in [1.29, 1.82) is 0 Å². The normalized spacial score (nSPS) is 20.4. The molecule has 0 radical (unpaired) electrons. The first-order valence-corrected chi connectivity index (χ1v) is 9.83. The zero-order valence-corrected chi connectivity index (χ0v) is 16.2. The number of amides is 5. The van der Waals surface area contributed by atoms with Crippen LogP contribution in [0.5, 0.6) is 11.5 Å². The summed E-state index contributed by atoms with van der Waals surface area (Å²) in [6.45, 7) is 2.25. The number of hydrogen-bond acceptors (Lipinski definition) is 6. The van der Waals surface area contributed by atoms with Crippen molar-refractivity contribution in [3.05, 3.63) is 23.8 Å². The summed E-state index contributed by atoms with van der Waals surface area (Å²) < 4.78 is 11.0. The van der Waals surface area contributed by atoms with E-state index in [0.29, 0.717) is 37.6 Å². The topological polar surface area (TPSA) is 105 Å². The second-order valence-corrected chi connectivity index (χ2v) is 7.48. The van der Waals surface area contributed by atoms with E-state index >= 15 is 0 Å². The van der Waals surface area contributed by atoms with Gasteiger partial charge < -0.3 is 14.8 Å². The summed E-state index contributed by atoms with van der Waals surface area (Å²) >= 11 is 0. The second-order valence-electron chi connectivity index (χ2n) is 7.48. The van der Waals surface area contributed by atoms with Crippen molar-refractivity contribution in [2.24, 2.45) is 0 Å². The van der Waals surface area contributed by atoms with E-state index < -0.39 is 30.3 Å². The first-order valence-electron chi connectivity index (χ1n) is 9.83. The maximum atomic E-state index is 12.6. The molecule has 2 fully saturated rings. The van der Waals surface area contributed by atoms with Crippen molar-refractivity contribution < 1.29 is 28.7 Å². The third kappa shape index (κ3) is 3.64. The molecule has 29 heavy (non-hydrogen) atoms. The van der Waals surface area contributed by atoms with Gasteiger partial charge in [-0.25, -0.2) is 9.69 Å². The number of hydrogen-bond donors (Lipinski definition) is 1. The van der Waals surface area contributed by atoms with E-state index in [2.05, 4.69) is 5.32 Å². The van der Waals surface area contributed by atoms with Gasteiger partial charge in [0.2, 0.25) is 5.91 Å². The highest BCUT2D eigenvalue weighted by molar-refractivity contribution is 6.45. The minimum Gasteiger partial charge on any atom is -0.486 e. The van der Waals surface area contributed by atoms with Crippen LogP contribution in [0.15, 0.2) is 18.2 Å². The summed E-state index contributed by atoms with van der Waals surface area (Å²) in [7, 11) is 0. The maximum absolute atomic E-state index is 12.6. The molecule has 1 saturated carbocycles. The van der Waals surface area contributed by atoms with Crippen molar-refractivity contribution in [3.8, 4) is 11.5 Å². The Hall–Kier alpha value is -3.10. The van der Waals surface area contributed by atoms with Crippen LogP contribution in [0, 0.1) is 0 Å². The third-order valence-electron chi connectivity index (χ3n) is 5.52. The zero-order chi connectivity index (χ0) is 20.5. The van der Waals surface area contributed by atoms with Crippen LogP contribution in [0.25, 0.3) is 0 Å². The van der Waals surface area contributed by atoms with Gasteiger partial charge in [0.1, 0.15) is 19.8 Å². The Labute approximate surface area is 167 Å². The molecule has 9 nitrogen and oxygen atoms in total. The van der Waals surface area contributed by atoms with Gasteiger partial charge in [0, 0.05) is 6.04 Å². The van der Waals surface area contributed by atoms with Gasteiger partial charge in [-0.15, -0.1) is 0 Å². The Balaban J connectivity index is 1.39. The third-order valence-corrected chi connectivity index (χ3v) is 5.52. The molecule has 0 spiro atoms. The number of nitrogens with zero attached hydrogens (tertiary/aromatic N) is 2. The predicted octanol–water partition coefficient (Wildman–Crippen LogP) is 1.37. The van der Waals surface area contributed by atoms with Gasteiger partial charge in [-0.2, -0.15) is 0 Å². The molecular weight excluding hydrogens is 378 g/mol. The number of ether oxygens (including phenoxy) is 2. The molecule has 1 atom stereocenters. The maximum Gasteiger partial charge on any atom is 0.334 e. The van der Waals surface area contributed by atoms with Gasteiger partial charge >= 0.3 is 17.8 Å². The number of nitrogens with one attached hydrogen (secondary N) is 1. The summed E-state index contributed by atoms with van der Waals surface area (Å²) in [5, 5.41) is 2.76. The first kappa shape index (κ1) is 19.2. The summed E-state index contributed by atoms with van der Waals surface area (Å²) in [5.74, 6) is -1.04. The molecule has 0 aromatic heterocycles. The average molecular weight is 401 g/mol. The van der Waals surface area contributed by atoms with Crippen LogP contribution < -0.4 is 14.8 Å². The first-order chi connectivity index (χ1) is 14.0. The fourth-order valence-electron chi connectivity index (χ4n) is 3.99. The monoisotopic (exact) mass is 401 g/mol. The Bertz CT molecular complexity index is 864. The van der Waals surface area contributed by atoms with Gasteiger partial charge in [0.15, 0.2) is 11.5 Å². The minimum atomic E-state index is -0.941. The highest BCUT2D eigenvalue weighted by Gasteiger charge is 2.48. The van der Waals surface area contributed by atoms with Crippen LogP contribution in [-0.2, 0) is 14.4 Å². The molecule has 1 unspecified atom stereocenters. The van der Waals surface area contributed by atoms with Crippen molar-refractivity contribution in [1.82, 2.24) is 15.1 Å². The lowest BCUT2D eigenvalue weighted by atomic mass is 10.1. The van der Waals surface area contributed by atoms with Gasteiger partial charge in [-0.1, -0.05) is 18.9 Å². The van der Waals surface area contributed by atoms with E-state index in [-0.39, 0.29) is 12.1 Å². The number of carbonyl (C=O) groups is 4. The Morgan fingerprint density at radius 1 is 1.10 bits per heavy atom. The Kier molecular flexibility index (Phi) is 5.12. The molecule has 1 saturated heterocycles. The molecule has 1 N–H and O–H groups in total. The van der Waals surface area contributed by atoms with Crippen LogP contribution in [0.3, 0.4) is 0 Å². The van der Waals surface area contributed by atoms with E-state index in [1.165, 1.54) is 0 Å². The fourth-order valence-corrected chi connectivity index (χ4v) is 3.99. The largest absolute Gasteiger partial charge is 0.486 e. The van der Waals surface area contributed by atoms with E-state index in [4.69, 9.17) is 9.47 Å². The van der Waals surface area contributed by atoms with E-state index in [0.717, 1.165) is 28.2 Å². The molecule has 5 amide bonds.